The predicted molar refractivity (Wildman–Crippen MR) is 147 cm³/mol. The minimum absolute atomic E-state index is 0.342. The highest BCUT2D eigenvalue weighted by Crippen LogP contribution is 2.39. The zero-order valence-electron chi connectivity index (χ0n) is 20.5. The molecule has 0 radical (unpaired) electrons. The lowest BCUT2D eigenvalue weighted by Gasteiger charge is -2.25. The molecule has 0 saturated carbocycles. The van der Waals surface area contributed by atoms with E-state index in [1.165, 1.54) is 71.8 Å². The number of nitrogens with one attached hydrogen (secondary N) is 6. The second-order valence-corrected chi connectivity index (χ2v) is 9.47. The van der Waals surface area contributed by atoms with Gasteiger partial charge >= 0.3 is 0 Å². The Hall–Kier alpha value is -3.13. The van der Waals surface area contributed by atoms with Gasteiger partial charge in [0.15, 0.2) is 0 Å². The maximum atomic E-state index is 8.42. The van der Waals surface area contributed by atoms with Crippen molar-refractivity contribution in [3.05, 3.63) is 76.5 Å². The Morgan fingerprint density at radius 2 is 1.74 bits per heavy atom. The summed E-state index contributed by atoms with van der Waals surface area (Å²) in [6.45, 7) is 8.91. The van der Waals surface area contributed by atoms with Crippen molar-refractivity contribution in [2.75, 3.05) is 33.0 Å². The van der Waals surface area contributed by atoms with Crippen molar-refractivity contribution in [1.82, 2.24) is 20.3 Å². The van der Waals surface area contributed by atoms with Crippen molar-refractivity contribution < 1.29 is 0 Å². The monoisotopic (exact) mass is 479 g/mol. The van der Waals surface area contributed by atoms with E-state index in [9.17, 15) is 0 Å². The van der Waals surface area contributed by atoms with Gasteiger partial charge in [-0.25, -0.2) is 0 Å². The van der Waals surface area contributed by atoms with Crippen LogP contribution in [0.3, 0.4) is 0 Å². The fourth-order valence-corrected chi connectivity index (χ4v) is 5.05. The number of hydrogen-bond donors (Lipinski definition) is 6. The second-order valence-electron chi connectivity index (χ2n) is 8.63. The molecule has 0 bridgehead atoms. The molecular weight excluding hydrogens is 442 g/mol. The summed E-state index contributed by atoms with van der Waals surface area (Å²) in [6.07, 6.45) is 11.7. The van der Waals surface area contributed by atoms with Gasteiger partial charge < -0.3 is 31.0 Å². The van der Waals surface area contributed by atoms with Gasteiger partial charge in [0, 0.05) is 50.7 Å². The average molecular weight is 480 g/mol. The van der Waals surface area contributed by atoms with E-state index in [1.54, 1.807) is 12.2 Å². The van der Waals surface area contributed by atoms with Crippen LogP contribution in [0.1, 0.15) is 35.1 Å². The highest BCUT2D eigenvalue weighted by molar-refractivity contribution is 8.12. The van der Waals surface area contributed by atoms with Gasteiger partial charge in [-0.2, -0.15) is 0 Å². The van der Waals surface area contributed by atoms with Gasteiger partial charge in [-0.1, -0.05) is 19.2 Å². The normalized spacial score (nSPS) is 14.7. The predicted octanol–water partition coefficient (Wildman–Crippen LogP) is 4.06. The number of anilines is 1. The minimum atomic E-state index is 0.342. The van der Waals surface area contributed by atoms with Gasteiger partial charge in [0.25, 0.3) is 0 Å². The second kappa shape index (κ2) is 11.8. The van der Waals surface area contributed by atoms with E-state index in [2.05, 4.69) is 39.9 Å². The van der Waals surface area contributed by atoms with Crippen LogP contribution in [0, 0.1) is 10.8 Å². The Labute approximate surface area is 208 Å². The van der Waals surface area contributed by atoms with Gasteiger partial charge in [0.05, 0.1) is 17.9 Å². The molecule has 7 nitrogen and oxygen atoms in total. The van der Waals surface area contributed by atoms with Crippen molar-refractivity contribution >= 4 is 28.9 Å². The van der Waals surface area contributed by atoms with Gasteiger partial charge in [0.2, 0.25) is 0 Å². The van der Waals surface area contributed by atoms with Crippen LogP contribution in [-0.4, -0.2) is 43.8 Å². The van der Waals surface area contributed by atoms with Crippen LogP contribution < -0.4 is 20.7 Å². The van der Waals surface area contributed by atoms with Crippen molar-refractivity contribution in [3.8, 4) is 0 Å². The van der Waals surface area contributed by atoms with Crippen LogP contribution in [0.25, 0.3) is 0 Å². The first kappa shape index (κ1) is 25.5. The average Bonchev–Trinajstić information content (AvgIpc) is 3.49. The number of hydrogen-bond acceptors (Lipinski definition) is 8. The van der Waals surface area contributed by atoms with Crippen LogP contribution in [-0.2, 0) is 25.7 Å². The van der Waals surface area contributed by atoms with E-state index < -0.39 is 0 Å². The van der Waals surface area contributed by atoms with Crippen molar-refractivity contribution in [2.45, 2.75) is 38.5 Å². The van der Waals surface area contributed by atoms with Crippen LogP contribution >= 0.6 is 11.9 Å². The lowest BCUT2D eigenvalue weighted by atomic mass is 9.99. The first-order chi connectivity index (χ1) is 16.4. The zero-order chi connectivity index (χ0) is 24.7. The van der Waals surface area contributed by atoms with Crippen molar-refractivity contribution in [2.24, 2.45) is 0 Å². The number of allylic oxidation sites excluding steroid dienone is 1. The SMILES string of the molecule is C=C(NSC(=N)/C=C(\NC)C(=C)N(C)C/C(=C/C=N)NC)Nc1c2c(cc3c1CCC3)CCC2. The fraction of sp³-hybridized carbons (Fsp3) is 0.385. The van der Waals surface area contributed by atoms with E-state index in [0.29, 0.717) is 17.4 Å². The third kappa shape index (κ3) is 6.05. The number of aryl methyl sites for hydroxylation is 2. The molecule has 0 saturated heterocycles. The maximum Gasteiger partial charge on any atom is 0.110 e. The summed E-state index contributed by atoms with van der Waals surface area (Å²) in [4.78, 5) is 1.97. The molecule has 34 heavy (non-hydrogen) atoms. The summed E-state index contributed by atoms with van der Waals surface area (Å²) >= 11 is 1.21. The van der Waals surface area contributed by atoms with Gasteiger partial charge in [-0.3, -0.25) is 5.41 Å². The molecule has 2 aliphatic carbocycles. The van der Waals surface area contributed by atoms with Crippen LogP contribution in [0.2, 0.25) is 0 Å². The first-order valence-corrected chi connectivity index (χ1v) is 12.5. The van der Waals surface area contributed by atoms with E-state index in [0.717, 1.165) is 29.9 Å². The molecule has 6 N–H and O–H groups in total. The number of fused-ring (bicyclic) bond motifs is 2. The molecule has 0 atom stereocenters. The molecule has 0 heterocycles. The molecule has 0 spiro atoms. The topological polar surface area (TPSA) is 99.1 Å². The van der Waals surface area contributed by atoms with Gasteiger partial charge in [-0.05, 0) is 72.9 Å². The molecule has 2 aliphatic rings. The lowest BCUT2D eigenvalue weighted by molar-refractivity contribution is 0.449. The molecule has 8 heteroatoms. The Morgan fingerprint density at radius 1 is 1.09 bits per heavy atom. The van der Waals surface area contributed by atoms with Crippen LogP contribution in [0.4, 0.5) is 5.69 Å². The number of benzene rings is 1. The Morgan fingerprint density at radius 3 is 2.29 bits per heavy atom. The zero-order valence-corrected chi connectivity index (χ0v) is 21.3. The number of likely N-dealkylation sites (N-methyl/N-ethyl adjacent to an activating group) is 3. The molecular formula is C26H37N7S. The van der Waals surface area contributed by atoms with Gasteiger partial charge in [-0.15, -0.1) is 0 Å². The van der Waals surface area contributed by atoms with E-state index >= 15 is 0 Å². The summed E-state index contributed by atoms with van der Waals surface area (Å²) in [5.74, 6) is 0.690. The molecule has 0 unspecified atom stereocenters. The fourth-order valence-electron chi connectivity index (χ4n) is 4.59. The maximum absolute atomic E-state index is 8.42. The molecule has 0 fully saturated rings. The quantitative estimate of drug-likeness (QED) is 0.117. The summed E-state index contributed by atoms with van der Waals surface area (Å²) in [5.41, 5.74) is 9.51. The summed E-state index contributed by atoms with van der Waals surface area (Å²) in [5, 5.41) is 25.8. The first-order valence-electron chi connectivity index (χ1n) is 11.7. The molecule has 1 aromatic rings. The molecule has 1 aromatic carbocycles. The largest absolute Gasteiger partial charge is 0.390 e. The molecule has 0 aliphatic heterocycles. The van der Waals surface area contributed by atoms with Crippen LogP contribution in [0.5, 0.6) is 0 Å². The van der Waals surface area contributed by atoms with E-state index in [-0.39, 0.29) is 0 Å². The van der Waals surface area contributed by atoms with Crippen molar-refractivity contribution in [1.29, 1.82) is 10.8 Å². The van der Waals surface area contributed by atoms with Crippen LogP contribution in [0.15, 0.2) is 54.3 Å². The molecule has 0 aromatic heterocycles. The molecule has 182 valence electrons. The lowest BCUT2D eigenvalue weighted by Crippen LogP contribution is -2.28. The Kier molecular flexibility index (Phi) is 8.87. The number of rotatable bonds is 12. The Balaban J connectivity index is 1.60. The molecule has 0 amide bonds. The third-order valence-electron chi connectivity index (χ3n) is 6.36. The van der Waals surface area contributed by atoms with Gasteiger partial charge in [0.1, 0.15) is 10.9 Å². The Bertz CT molecular complexity index is 1010. The molecule has 3 rings (SSSR count). The minimum Gasteiger partial charge on any atom is -0.390 e. The summed E-state index contributed by atoms with van der Waals surface area (Å²) < 4.78 is 3.20. The summed E-state index contributed by atoms with van der Waals surface area (Å²) in [6, 6.07) is 2.42. The van der Waals surface area contributed by atoms with E-state index in [1.807, 2.05) is 26.0 Å². The van der Waals surface area contributed by atoms with E-state index in [4.69, 9.17) is 10.8 Å². The van der Waals surface area contributed by atoms with Crippen molar-refractivity contribution in [3.63, 3.8) is 0 Å². The number of nitrogens with zero attached hydrogens (tertiary/aromatic N) is 1. The summed E-state index contributed by atoms with van der Waals surface area (Å²) in [7, 11) is 5.58. The standard InChI is InChI=1S/C26H37N7S/c1-17(33(5)16-21(29-3)12-13-27)24(30-4)15-25(28)34-32-18(2)31-26-22-10-6-8-19(22)14-20-9-7-11-23(20)26/h12-15,27-32H,1-2,6-11,16H2,3-5H3/b21-12-,24-15-,27-13?,28-25?. The highest BCUT2D eigenvalue weighted by Gasteiger charge is 2.24. The third-order valence-corrected chi connectivity index (χ3v) is 7.05. The smallest absolute Gasteiger partial charge is 0.110 e. The highest BCUT2D eigenvalue weighted by atomic mass is 32.2.